The molecule has 2 amide bonds. The number of hydrogen-bond acceptors (Lipinski definition) is 4. The molecule has 172 valence electrons. The molecule has 4 rings (SSSR count). The molecule has 4 aromatic rings. The molecule has 0 aliphatic heterocycles. The summed E-state index contributed by atoms with van der Waals surface area (Å²) in [6, 6.07) is 19.1. The predicted molar refractivity (Wildman–Crippen MR) is 127 cm³/mol. The van der Waals surface area contributed by atoms with Crippen molar-refractivity contribution in [2.24, 2.45) is 0 Å². The van der Waals surface area contributed by atoms with E-state index in [1.165, 1.54) is 30.0 Å². The van der Waals surface area contributed by atoms with Crippen molar-refractivity contribution in [3.8, 4) is 5.69 Å². The number of hydrogen-bond donors (Lipinski definition) is 2. The van der Waals surface area contributed by atoms with Crippen LogP contribution >= 0.6 is 11.8 Å². The Hall–Kier alpha value is -3.98. The number of aromatic nitrogens is 2. The van der Waals surface area contributed by atoms with Crippen LogP contribution in [0.15, 0.2) is 90.3 Å². The molecule has 0 atom stereocenters. The zero-order chi connectivity index (χ0) is 23.9. The number of para-hydroxylation sites is 1. The zero-order valence-electron chi connectivity index (χ0n) is 17.9. The molecule has 0 aliphatic carbocycles. The van der Waals surface area contributed by atoms with Gasteiger partial charge in [-0.05, 0) is 42.5 Å². The lowest BCUT2D eigenvalue weighted by Crippen LogP contribution is -2.23. The highest BCUT2D eigenvalue weighted by atomic mass is 32.2. The van der Waals surface area contributed by atoms with Crippen molar-refractivity contribution in [1.29, 1.82) is 0 Å². The van der Waals surface area contributed by atoms with E-state index in [-0.39, 0.29) is 35.6 Å². The second kappa shape index (κ2) is 10.8. The summed E-state index contributed by atoms with van der Waals surface area (Å²) in [5.74, 6) is -1.50. The zero-order valence-corrected chi connectivity index (χ0v) is 18.7. The number of halogens is 2. The number of benzene rings is 3. The van der Waals surface area contributed by atoms with Crippen LogP contribution in [0.2, 0.25) is 0 Å². The van der Waals surface area contributed by atoms with Crippen molar-refractivity contribution >= 4 is 29.3 Å². The molecule has 0 saturated carbocycles. The van der Waals surface area contributed by atoms with Gasteiger partial charge < -0.3 is 10.6 Å². The lowest BCUT2D eigenvalue weighted by atomic mass is 10.1. The summed E-state index contributed by atoms with van der Waals surface area (Å²) in [6.45, 7) is 0.0878. The number of nitrogens with one attached hydrogen (secondary N) is 2. The Morgan fingerprint density at radius 3 is 2.35 bits per heavy atom. The van der Waals surface area contributed by atoms with E-state index in [9.17, 15) is 18.4 Å². The molecule has 0 fully saturated rings. The van der Waals surface area contributed by atoms with E-state index in [1.807, 2.05) is 0 Å². The minimum atomic E-state index is -0.500. The second-order valence-electron chi connectivity index (χ2n) is 7.22. The van der Waals surface area contributed by atoms with Crippen LogP contribution in [0.4, 0.5) is 14.5 Å². The lowest BCUT2D eigenvalue weighted by Gasteiger charge is -2.10. The molecule has 0 radical (unpaired) electrons. The van der Waals surface area contributed by atoms with Gasteiger partial charge in [-0.1, -0.05) is 42.1 Å². The SMILES string of the molecule is O=C(CSc1nccn1-c1ccc(C(=O)NCc2ccccc2F)cc1)Nc1ccccc1F. The highest BCUT2D eigenvalue weighted by Crippen LogP contribution is 2.22. The standard InChI is InChI=1S/C25H20F2N4O2S/c26-20-6-2-1-5-18(20)15-29-24(33)17-9-11-19(12-10-17)31-14-13-28-25(31)34-16-23(32)30-22-8-4-3-7-21(22)27/h1-14H,15-16H2,(H,29,33)(H,30,32). The molecule has 6 nitrogen and oxygen atoms in total. The van der Waals surface area contributed by atoms with E-state index in [4.69, 9.17) is 0 Å². The fourth-order valence-electron chi connectivity index (χ4n) is 3.16. The van der Waals surface area contributed by atoms with Crippen LogP contribution in [0.3, 0.4) is 0 Å². The third kappa shape index (κ3) is 5.68. The van der Waals surface area contributed by atoms with Crippen LogP contribution in [0.25, 0.3) is 5.69 Å². The van der Waals surface area contributed by atoms with Crippen LogP contribution in [-0.4, -0.2) is 27.1 Å². The highest BCUT2D eigenvalue weighted by molar-refractivity contribution is 7.99. The van der Waals surface area contributed by atoms with Gasteiger partial charge in [0.1, 0.15) is 11.6 Å². The highest BCUT2D eigenvalue weighted by Gasteiger charge is 2.12. The van der Waals surface area contributed by atoms with Crippen LogP contribution in [-0.2, 0) is 11.3 Å². The van der Waals surface area contributed by atoms with E-state index in [1.54, 1.807) is 71.6 Å². The van der Waals surface area contributed by atoms with Gasteiger partial charge in [0.2, 0.25) is 5.91 Å². The van der Waals surface area contributed by atoms with Crippen molar-refractivity contribution in [3.05, 3.63) is 108 Å². The number of carbonyl (C=O) groups excluding carboxylic acids is 2. The number of imidazole rings is 1. The molecule has 1 heterocycles. The average Bonchev–Trinajstić information content (AvgIpc) is 3.32. The molecule has 2 N–H and O–H groups in total. The third-order valence-electron chi connectivity index (χ3n) is 4.89. The van der Waals surface area contributed by atoms with Gasteiger partial charge in [0.25, 0.3) is 5.91 Å². The van der Waals surface area contributed by atoms with Gasteiger partial charge in [0, 0.05) is 35.8 Å². The first-order valence-electron chi connectivity index (χ1n) is 10.3. The van der Waals surface area contributed by atoms with Crippen molar-refractivity contribution in [2.75, 3.05) is 11.1 Å². The first kappa shape index (κ1) is 23.2. The third-order valence-corrected chi connectivity index (χ3v) is 5.86. The van der Waals surface area contributed by atoms with E-state index >= 15 is 0 Å². The van der Waals surface area contributed by atoms with Crippen LogP contribution < -0.4 is 10.6 Å². The molecule has 0 saturated heterocycles. The van der Waals surface area contributed by atoms with Crippen LogP contribution in [0, 0.1) is 11.6 Å². The molecule has 0 aliphatic rings. The summed E-state index contributed by atoms with van der Waals surface area (Å²) in [5.41, 5.74) is 1.71. The molecule has 0 spiro atoms. The fraction of sp³-hybridized carbons (Fsp3) is 0.0800. The molecular formula is C25H20F2N4O2S. The monoisotopic (exact) mass is 478 g/mol. The van der Waals surface area contributed by atoms with Gasteiger partial charge in [-0.3, -0.25) is 14.2 Å². The summed E-state index contributed by atoms with van der Waals surface area (Å²) < 4.78 is 29.2. The summed E-state index contributed by atoms with van der Waals surface area (Å²) >= 11 is 1.20. The molecule has 9 heteroatoms. The molecule has 1 aromatic heterocycles. The largest absolute Gasteiger partial charge is 0.348 e. The van der Waals surface area contributed by atoms with Crippen molar-refractivity contribution in [2.45, 2.75) is 11.7 Å². The lowest BCUT2D eigenvalue weighted by molar-refractivity contribution is -0.113. The van der Waals surface area contributed by atoms with Gasteiger partial charge in [0.15, 0.2) is 5.16 Å². The minimum Gasteiger partial charge on any atom is -0.348 e. The molecule has 0 unspecified atom stereocenters. The Labute approximate surface area is 199 Å². The Morgan fingerprint density at radius 1 is 0.912 bits per heavy atom. The fourth-order valence-corrected chi connectivity index (χ4v) is 3.94. The van der Waals surface area contributed by atoms with E-state index < -0.39 is 5.82 Å². The maximum atomic E-state index is 13.7. The number of carbonyl (C=O) groups is 2. The Morgan fingerprint density at radius 2 is 1.62 bits per heavy atom. The van der Waals surface area contributed by atoms with Gasteiger partial charge in [-0.25, -0.2) is 13.8 Å². The topological polar surface area (TPSA) is 76.0 Å². The normalized spacial score (nSPS) is 10.6. The average molecular weight is 479 g/mol. The van der Waals surface area contributed by atoms with Crippen LogP contribution in [0.1, 0.15) is 15.9 Å². The molecular weight excluding hydrogens is 458 g/mol. The Kier molecular flexibility index (Phi) is 7.34. The maximum absolute atomic E-state index is 13.7. The second-order valence-corrected chi connectivity index (χ2v) is 8.16. The predicted octanol–water partition coefficient (Wildman–Crippen LogP) is 4.81. The van der Waals surface area contributed by atoms with E-state index in [0.29, 0.717) is 16.3 Å². The van der Waals surface area contributed by atoms with Crippen molar-refractivity contribution in [1.82, 2.24) is 14.9 Å². The van der Waals surface area contributed by atoms with E-state index in [2.05, 4.69) is 15.6 Å². The number of amides is 2. The Balaban J connectivity index is 1.36. The quantitative estimate of drug-likeness (QED) is 0.357. The first-order valence-corrected chi connectivity index (χ1v) is 11.3. The Bertz CT molecular complexity index is 1310. The smallest absolute Gasteiger partial charge is 0.251 e. The number of rotatable bonds is 8. The van der Waals surface area contributed by atoms with Crippen LogP contribution in [0.5, 0.6) is 0 Å². The molecule has 0 bridgehead atoms. The summed E-state index contributed by atoms with van der Waals surface area (Å²) in [6.07, 6.45) is 3.34. The maximum Gasteiger partial charge on any atom is 0.251 e. The van der Waals surface area contributed by atoms with Gasteiger partial charge >= 0.3 is 0 Å². The van der Waals surface area contributed by atoms with Gasteiger partial charge in [0.05, 0.1) is 11.4 Å². The van der Waals surface area contributed by atoms with Gasteiger partial charge in [-0.2, -0.15) is 0 Å². The summed E-state index contributed by atoms with van der Waals surface area (Å²) in [4.78, 5) is 28.9. The van der Waals surface area contributed by atoms with E-state index in [0.717, 1.165) is 5.69 Å². The molecule has 3 aromatic carbocycles. The summed E-state index contributed by atoms with van der Waals surface area (Å²) in [5, 5.41) is 5.81. The van der Waals surface area contributed by atoms with Gasteiger partial charge in [-0.15, -0.1) is 0 Å². The summed E-state index contributed by atoms with van der Waals surface area (Å²) in [7, 11) is 0. The number of nitrogens with zero attached hydrogens (tertiary/aromatic N) is 2. The van der Waals surface area contributed by atoms with Crippen molar-refractivity contribution < 1.29 is 18.4 Å². The first-order chi connectivity index (χ1) is 16.5. The number of thioether (sulfide) groups is 1. The molecule has 34 heavy (non-hydrogen) atoms. The van der Waals surface area contributed by atoms with Crippen molar-refractivity contribution in [3.63, 3.8) is 0 Å². The number of anilines is 1. The minimum absolute atomic E-state index is 0.0435.